The number of nitrogens with zero attached hydrogens (tertiary/aromatic N) is 4. The summed E-state index contributed by atoms with van der Waals surface area (Å²) < 4.78 is 0. The molecule has 0 saturated carbocycles. The van der Waals surface area contributed by atoms with Crippen LogP contribution in [0.25, 0.3) is 0 Å². The first-order valence-electron chi connectivity index (χ1n) is 8.48. The molecule has 2 aromatic rings. The zero-order valence-electron chi connectivity index (χ0n) is 15.2. The summed E-state index contributed by atoms with van der Waals surface area (Å²) in [6, 6.07) is 8.31. The molecule has 2 heterocycles. The lowest BCUT2D eigenvalue weighted by Gasteiger charge is -2.31. The summed E-state index contributed by atoms with van der Waals surface area (Å²) >= 11 is 1.61. The number of hydrogen-bond acceptors (Lipinski definition) is 5. The van der Waals surface area contributed by atoms with Crippen molar-refractivity contribution in [2.75, 3.05) is 25.5 Å². The van der Waals surface area contributed by atoms with Gasteiger partial charge in [-0.15, -0.1) is 11.8 Å². The van der Waals surface area contributed by atoms with Crippen LogP contribution in [0.2, 0.25) is 0 Å². The topological polar surface area (TPSA) is 49.3 Å². The number of thioether (sulfide) groups is 1. The van der Waals surface area contributed by atoms with E-state index in [1.54, 1.807) is 18.1 Å². The number of carbonyl (C=O) groups excluding carboxylic acids is 1. The maximum Gasteiger partial charge on any atom is 0.236 e. The lowest BCUT2D eigenvalue weighted by atomic mass is 10.0. The molecule has 0 aliphatic carbocycles. The van der Waals surface area contributed by atoms with E-state index in [4.69, 9.17) is 0 Å². The first kappa shape index (κ1) is 17.7. The predicted octanol–water partition coefficient (Wildman–Crippen LogP) is 2.92. The van der Waals surface area contributed by atoms with E-state index in [-0.39, 0.29) is 11.2 Å². The van der Waals surface area contributed by atoms with Crippen LogP contribution in [0.4, 0.5) is 5.82 Å². The lowest BCUT2D eigenvalue weighted by Crippen LogP contribution is -2.41. The highest BCUT2D eigenvalue weighted by Crippen LogP contribution is 2.28. The van der Waals surface area contributed by atoms with Crippen molar-refractivity contribution in [2.24, 2.45) is 0 Å². The van der Waals surface area contributed by atoms with Gasteiger partial charge in [0.2, 0.25) is 5.91 Å². The normalized spacial score (nSPS) is 14.8. The zero-order chi connectivity index (χ0) is 18.0. The number of fused-ring (bicyclic) bond motifs is 1. The van der Waals surface area contributed by atoms with E-state index in [1.165, 1.54) is 5.56 Å². The van der Waals surface area contributed by atoms with E-state index >= 15 is 0 Å². The molecule has 1 atom stereocenters. The van der Waals surface area contributed by atoms with E-state index in [2.05, 4.69) is 41.2 Å². The molecule has 0 spiro atoms. The Morgan fingerprint density at radius 1 is 1.24 bits per heavy atom. The van der Waals surface area contributed by atoms with Gasteiger partial charge in [0.15, 0.2) is 0 Å². The third-order valence-corrected chi connectivity index (χ3v) is 5.50. The van der Waals surface area contributed by atoms with E-state index in [1.807, 2.05) is 30.8 Å². The van der Waals surface area contributed by atoms with Crippen LogP contribution < -0.4 is 4.90 Å². The fourth-order valence-electron chi connectivity index (χ4n) is 3.04. The molecule has 0 bridgehead atoms. The van der Waals surface area contributed by atoms with Crippen molar-refractivity contribution in [3.8, 4) is 0 Å². The van der Waals surface area contributed by atoms with Gasteiger partial charge in [-0.2, -0.15) is 0 Å². The Balaban J connectivity index is 1.69. The van der Waals surface area contributed by atoms with Gasteiger partial charge in [-0.25, -0.2) is 9.97 Å². The van der Waals surface area contributed by atoms with Gasteiger partial charge < -0.3 is 9.80 Å². The fourth-order valence-corrected chi connectivity index (χ4v) is 3.99. The molecule has 1 aromatic heterocycles. The molecule has 3 rings (SSSR count). The highest BCUT2D eigenvalue weighted by Gasteiger charge is 2.27. The van der Waals surface area contributed by atoms with Gasteiger partial charge in [-0.3, -0.25) is 4.79 Å². The molecule has 1 aliphatic rings. The molecule has 6 heteroatoms. The van der Waals surface area contributed by atoms with Crippen LogP contribution >= 0.6 is 11.8 Å². The predicted molar refractivity (Wildman–Crippen MR) is 102 cm³/mol. The van der Waals surface area contributed by atoms with E-state index < -0.39 is 0 Å². The molecule has 132 valence electrons. The summed E-state index contributed by atoms with van der Waals surface area (Å²) in [5.41, 5.74) is 3.36. The number of benzene rings is 1. The van der Waals surface area contributed by atoms with Crippen LogP contribution in [0.15, 0.2) is 35.5 Å². The largest absolute Gasteiger partial charge is 0.362 e. The molecular weight excluding hydrogens is 332 g/mol. The highest BCUT2D eigenvalue weighted by molar-refractivity contribution is 8.00. The minimum atomic E-state index is -0.112. The van der Waals surface area contributed by atoms with Gasteiger partial charge in [-0.05, 0) is 32.4 Å². The number of amides is 1. The van der Waals surface area contributed by atoms with Crippen molar-refractivity contribution in [1.29, 1.82) is 0 Å². The smallest absolute Gasteiger partial charge is 0.236 e. The van der Waals surface area contributed by atoms with E-state index in [0.717, 1.165) is 34.9 Å². The Morgan fingerprint density at radius 3 is 2.64 bits per heavy atom. The molecule has 0 saturated heterocycles. The average molecular weight is 356 g/mol. The Kier molecular flexibility index (Phi) is 5.27. The van der Waals surface area contributed by atoms with Gasteiger partial charge in [0, 0.05) is 31.1 Å². The van der Waals surface area contributed by atoms with Gasteiger partial charge in [0.05, 0.1) is 17.5 Å². The maximum absolute atomic E-state index is 12.8. The van der Waals surface area contributed by atoms with E-state index in [0.29, 0.717) is 6.54 Å². The summed E-state index contributed by atoms with van der Waals surface area (Å²) in [7, 11) is 3.97. The average Bonchev–Trinajstić information content (AvgIpc) is 2.61. The van der Waals surface area contributed by atoms with Gasteiger partial charge in [0.25, 0.3) is 0 Å². The van der Waals surface area contributed by atoms with Gasteiger partial charge in [0.1, 0.15) is 12.1 Å². The summed E-state index contributed by atoms with van der Waals surface area (Å²) in [5, 5.41) is -0.112. The molecule has 0 fully saturated rings. The number of carbonyl (C=O) groups is 1. The molecular formula is C19H24N4OS. The number of rotatable bonds is 4. The van der Waals surface area contributed by atoms with Crippen molar-refractivity contribution >= 4 is 23.5 Å². The molecule has 1 aromatic carbocycles. The number of hydrogen-bond donors (Lipinski definition) is 0. The van der Waals surface area contributed by atoms with Crippen LogP contribution in [-0.2, 0) is 17.8 Å². The van der Waals surface area contributed by atoms with E-state index in [9.17, 15) is 4.79 Å². The highest BCUT2D eigenvalue weighted by atomic mass is 32.2. The maximum atomic E-state index is 12.8. The van der Waals surface area contributed by atoms with Crippen LogP contribution in [-0.4, -0.2) is 46.7 Å². The van der Waals surface area contributed by atoms with Crippen LogP contribution in [0, 0.1) is 6.92 Å². The first-order chi connectivity index (χ1) is 12.0. The van der Waals surface area contributed by atoms with Crippen LogP contribution in [0.5, 0.6) is 0 Å². The van der Waals surface area contributed by atoms with Crippen molar-refractivity contribution in [3.05, 3.63) is 47.4 Å². The Hall–Kier alpha value is -2.08. The molecule has 25 heavy (non-hydrogen) atoms. The number of aryl methyl sites for hydroxylation is 1. The van der Waals surface area contributed by atoms with Crippen LogP contribution in [0.1, 0.15) is 23.7 Å². The molecule has 0 radical (unpaired) electrons. The minimum Gasteiger partial charge on any atom is -0.362 e. The van der Waals surface area contributed by atoms with Gasteiger partial charge in [-0.1, -0.05) is 17.7 Å². The first-order valence-corrected chi connectivity index (χ1v) is 9.36. The zero-order valence-corrected chi connectivity index (χ0v) is 16.0. The molecule has 1 amide bonds. The SMILES string of the molecule is Cc1ccc(SC(C)C(=O)N2CCc3c(ncnc3N(C)C)C2)cc1. The second-order valence-corrected chi connectivity index (χ2v) is 8.01. The number of aromatic nitrogens is 2. The lowest BCUT2D eigenvalue weighted by molar-refractivity contribution is -0.131. The summed E-state index contributed by atoms with van der Waals surface area (Å²) in [6.45, 7) is 5.33. The second kappa shape index (κ2) is 7.44. The van der Waals surface area contributed by atoms with Gasteiger partial charge >= 0.3 is 0 Å². The Labute approximate surface area is 153 Å². The van der Waals surface area contributed by atoms with Crippen molar-refractivity contribution < 1.29 is 4.79 Å². The third-order valence-electron chi connectivity index (χ3n) is 4.40. The third kappa shape index (κ3) is 3.95. The monoisotopic (exact) mass is 356 g/mol. The Morgan fingerprint density at radius 2 is 1.96 bits per heavy atom. The van der Waals surface area contributed by atoms with Crippen molar-refractivity contribution in [2.45, 2.75) is 37.0 Å². The fraction of sp³-hybridized carbons (Fsp3) is 0.421. The standard InChI is InChI=1S/C19H24N4OS/c1-13-5-7-15(8-6-13)25-14(2)19(24)23-10-9-16-17(11-23)20-12-21-18(16)22(3)4/h5-8,12,14H,9-11H2,1-4H3. The molecule has 0 N–H and O–H groups in total. The van der Waals surface area contributed by atoms with Crippen molar-refractivity contribution in [3.63, 3.8) is 0 Å². The summed E-state index contributed by atoms with van der Waals surface area (Å²) in [4.78, 5) is 26.7. The van der Waals surface area contributed by atoms with Crippen molar-refractivity contribution in [1.82, 2.24) is 14.9 Å². The minimum absolute atomic E-state index is 0.112. The number of anilines is 1. The molecule has 5 nitrogen and oxygen atoms in total. The molecule has 1 unspecified atom stereocenters. The summed E-state index contributed by atoms with van der Waals surface area (Å²) in [5.74, 6) is 1.13. The van der Waals surface area contributed by atoms with Crippen LogP contribution in [0.3, 0.4) is 0 Å². The molecule has 1 aliphatic heterocycles. The second-order valence-electron chi connectivity index (χ2n) is 6.60. The Bertz CT molecular complexity index is 761. The quantitative estimate of drug-likeness (QED) is 0.789. The summed E-state index contributed by atoms with van der Waals surface area (Å²) in [6.07, 6.45) is 2.39.